The van der Waals surface area contributed by atoms with Crippen molar-refractivity contribution in [2.75, 3.05) is 53.6 Å². The van der Waals surface area contributed by atoms with E-state index in [1.807, 2.05) is 0 Å². The molecule has 57 heavy (non-hydrogen) atoms. The maximum Gasteiger partial charge on any atom is 0.335 e. The molecule has 18 nitrogen and oxygen atoms in total. The number of nitrogens with zero attached hydrogens (tertiary/aromatic N) is 6. The highest BCUT2D eigenvalue weighted by Gasteiger charge is 2.24. The average molecular weight is 811 g/mol. The maximum atomic E-state index is 12.1. The van der Waals surface area contributed by atoms with Crippen LogP contribution in [0.4, 0.5) is 0 Å². The van der Waals surface area contributed by atoms with E-state index in [0.717, 1.165) is 45.1 Å². The predicted octanol–water partition coefficient (Wildman–Crippen LogP) is 4.71. The number of phenolic OH excluding ortho intramolecular Hbond substituents is 1. The minimum atomic E-state index is -1.11. The van der Waals surface area contributed by atoms with Gasteiger partial charge in [0.25, 0.3) is 11.8 Å². The van der Waals surface area contributed by atoms with Crippen molar-refractivity contribution >= 4 is 35.4 Å². The first-order valence-corrected chi connectivity index (χ1v) is 18.0. The van der Waals surface area contributed by atoms with Crippen molar-refractivity contribution in [2.24, 2.45) is 0 Å². The molecule has 0 radical (unpaired) electrons. The van der Waals surface area contributed by atoms with Crippen molar-refractivity contribution in [2.45, 2.75) is 38.9 Å². The molecule has 0 unspecified atom stereocenters. The summed E-state index contributed by atoms with van der Waals surface area (Å²) in [6.07, 6.45) is 7.05. The molecule has 2 aliphatic rings. The minimum Gasteiger partial charge on any atom is -0.508 e. The number of aromatic carboxylic acids is 2. The summed E-state index contributed by atoms with van der Waals surface area (Å²) in [6.45, 7) is 7.43. The van der Waals surface area contributed by atoms with Crippen LogP contribution >= 0.6 is 11.6 Å². The number of aromatic hydroxyl groups is 1. The zero-order chi connectivity index (χ0) is 41.5. The van der Waals surface area contributed by atoms with Crippen LogP contribution in [0.2, 0.25) is 5.15 Å². The van der Waals surface area contributed by atoms with E-state index >= 15 is 0 Å². The van der Waals surface area contributed by atoms with Crippen LogP contribution in [0.25, 0.3) is 0 Å². The summed E-state index contributed by atoms with van der Waals surface area (Å²) in [5.41, 5.74) is 0.599. The van der Waals surface area contributed by atoms with Gasteiger partial charge >= 0.3 is 11.9 Å². The normalized spacial score (nSPS) is 13.8. The average Bonchev–Trinajstić information content (AvgIpc) is 3.11. The monoisotopic (exact) mass is 810 g/mol. The molecular formula is C38H43ClN6O12. The van der Waals surface area contributed by atoms with Gasteiger partial charge in [0.15, 0.2) is 0 Å². The highest BCUT2D eigenvalue weighted by Crippen LogP contribution is 2.28. The fourth-order valence-electron chi connectivity index (χ4n) is 4.98. The number of hydrogen-bond acceptors (Lipinski definition) is 14. The first-order valence-electron chi connectivity index (χ1n) is 17.6. The van der Waals surface area contributed by atoms with Crippen molar-refractivity contribution in [3.63, 3.8) is 0 Å². The van der Waals surface area contributed by atoms with Crippen LogP contribution in [-0.4, -0.2) is 135 Å². The minimum absolute atomic E-state index is 0.00894. The lowest BCUT2D eigenvalue weighted by molar-refractivity contribution is 0.0638. The lowest BCUT2D eigenvalue weighted by Crippen LogP contribution is -2.42. The molecule has 0 spiro atoms. The lowest BCUT2D eigenvalue weighted by Gasteiger charge is -2.30. The number of carboxylic acid groups (broad SMARTS) is 2. The third-order valence-electron chi connectivity index (χ3n) is 7.94. The first-order chi connectivity index (χ1) is 27.3. The Labute approximate surface area is 332 Å². The number of rotatable bonds is 14. The molecule has 0 saturated carbocycles. The van der Waals surface area contributed by atoms with Gasteiger partial charge in [-0.1, -0.05) is 11.6 Å². The molecule has 2 amide bonds. The van der Waals surface area contributed by atoms with Crippen LogP contribution in [0.1, 0.15) is 68.4 Å². The van der Waals surface area contributed by atoms with Gasteiger partial charge in [-0.25, -0.2) is 29.5 Å². The molecule has 2 aliphatic heterocycles. The molecule has 2 saturated heterocycles. The fourth-order valence-corrected chi connectivity index (χ4v) is 5.08. The van der Waals surface area contributed by atoms with Crippen LogP contribution in [0, 0.1) is 0 Å². The number of carboxylic acids is 2. The number of likely N-dealkylation sites (tertiary alicyclic amines) is 2. The Morgan fingerprint density at radius 2 is 1.14 bits per heavy atom. The quantitative estimate of drug-likeness (QED) is 0.157. The molecule has 0 bridgehead atoms. The number of phenols is 1. The van der Waals surface area contributed by atoms with Gasteiger partial charge in [-0.3, -0.25) is 9.59 Å². The Morgan fingerprint density at radius 1 is 0.667 bits per heavy atom. The van der Waals surface area contributed by atoms with Gasteiger partial charge in [0.05, 0.1) is 49.1 Å². The zero-order valence-corrected chi connectivity index (χ0v) is 32.4. The summed E-state index contributed by atoms with van der Waals surface area (Å²) in [5, 5.41) is 27.7. The molecule has 6 rings (SSSR count). The fraction of sp³-hybridized carbons (Fsp3) is 0.368. The van der Waals surface area contributed by atoms with E-state index in [1.54, 1.807) is 43.9 Å². The summed E-state index contributed by atoms with van der Waals surface area (Å²) < 4.78 is 26.6. The predicted molar refractivity (Wildman–Crippen MR) is 203 cm³/mol. The third kappa shape index (κ3) is 13.6. The largest absolute Gasteiger partial charge is 0.508 e. The summed E-state index contributed by atoms with van der Waals surface area (Å²) >= 11 is 5.55. The smallest absolute Gasteiger partial charge is 0.335 e. The summed E-state index contributed by atoms with van der Waals surface area (Å²) in [5.74, 6) is -1.58. The van der Waals surface area contributed by atoms with Gasteiger partial charge in [-0.2, -0.15) is 0 Å². The number of methoxy groups -OCH3 is 2. The molecule has 2 aromatic carbocycles. The molecule has 4 aromatic rings. The molecule has 304 valence electrons. The molecule has 2 fully saturated rings. The van der Waals surface area contributed by atoms with E-state index in [1.165, 1.54) is 49.1 Å². The van der Waals surface area contributed by atoms with E-state index < -0.39 is 11.9 Å². The number of hydrogen-bond donors (Lipinski definition) is 3. The van der Waals surface area contributed by atoms with Crippen molar-refractivity contribution in [3.8, 4) is 28.9 Å². The van der Waals surface area contributed by atoms with Crippen LogP contribution in [0.15, 0.2) is 61.2 Å². The van der Waals surface area contributed by atoms with E-state index in [9.17, 15) is 29.4 Å². The highest BCUT2D eigenvalue weighted by atomic mass is 35.5. The summed E-state index contributed by atoms with van der Waals surface area (Å²) in [4.78, 5) is 65.0. The zero-order valence-electron chi connectivity index (χ0n) is 31.7. The Hall–Kier alpha value is -6.11. The maximum absolute atomic E-state index is 12.1. The molecule has 0 aliphatic carbocycles. The van der Waals surface area contributed by atoms with E-state index in [0.29, 0.717) is 35.6 Å². The van der Waals surface area contributed by atoms with E-state index in [4.69, 9.17) is 40.4 Å². The molecule has 2 atom stereocenters. The topological polar surface area (TPSA) is 233 Å². The molecule has 3 N–H and O–H groups in total. The van der Waals surface area contributed by atoms with Crippen molar-refractivity contribution in [1.82, 2.24) is 29.7 Å². The van der Waals surface area contributed by atoms with Crippen LogP contribution in [-0.2, 0) is 9.47 Å². The molecule has 4 heterocycles. The van der Waals surface area contributed by atoms with Crippen LogP contribution in [0.5, 0.6) is 28.9 Å². The standard InChI is InChI=1S/C19H21N3O6.C11H14O5.C8H8ClN3O/c1-12(11-26-2)27-14-6-13(19(24)25)7-15(8-14)28-17-10-20-16(9-21-17)18(23)22-4-3-5-22;1-7(6-15-2)16-10-4-8(11(13)14)3-9(12)5-10;9-7-5-10-6(4-11-7)8(13)12-2-1-3-12/h6-10,12H,3-5,11H2,1-2H3,(H,24,25);3-5,7,12H,6H2,1-2H3,(H,13,14);4-5H,1-3H2/t12-;7-;/m00./s1. The number of benzene rings is 2. The van der Waals surface area contributed by atoms with Crippen LogP contribution < -0.4 is 14.2 Å². The summed E-state index contributed by atoms with van der Waals surface area (Å²) in [6, 6.07) is 8.20. The SMILES string of the molecule is COC[C@H](C)Oc1cc(O)cc(C(=O)O)c1.COC[C@H](C)Oc1cc(Oc2cnc(C(=O)N3CCC3)cn2)cc(C(=O)O)c1.O=C(c1cnc(Cl)cn1)N1CCC1. The summed E-state index contributed by atoms with van der Waals surface area (Å²) in [7, 11) is 3.10. The van der Waals surface area contributed by atoms with Gasteiger partial charge < -0.3 is 48.8 Å². The number of aromatic nitrogens is 4. The Kier molecular flexibility index (Phi) is 16.3. The van der Waals surface area contributed by atoms with Gasteiger partial charge in [0.2, 0.25) is 5.88 Å². The molecular weight excluding hydrogens is 768 g/mol. The first kappa shape index (κ1) is 43.6. The number of ether oxygens (including phenoxy) is 5. The second-order valence-corrected chi connectivity index (χ2v) is 13.0. The molecule has 2 aromatic heterocycles. The molecule has 19 heteroatoms. The van der Waals surface area contributed by atoms with Gasteiger partial charge in [-0.15, -0.1) is 0 Å². The van der Waals surface area contributed by atoms with Gasteiger partial charge in [-0.05, 0) is 51.0 Å². The van der Waals surface area contributed by atoms with Crippen LogP contribution in [0.3, 0.4) is 0 Å². The van der Waals surface area contributed by atoms with Crippen molar-refractivity contribution < 1.29 is 58.2 Å². The number of carbonyl (C=O) groups excluding carboxylic acids is 2. The van der Waals surface area contributed by atoms with E-state index in [-0.39, 0.29) is 58.2 Å². The Morgan fingerprint density at radius 3 is 1.56 bits per heavy atom. The second-order valence-electron chi connectivity index (χ2n) is 12.6. The number of amides is 2. The third-order valence-corrected chi connectivity index (χ3v) is 8.13. The number of halogens is 1. The van der Waals surface area contributed by atoms with E-state index in [2.05, 4.69) is 19.9 Å². The Balaban J connectivity index is 0.000000209. The highest BCUT2D eigenvalue weighted by molar-refractivity contribution is 6.29. The Bertz CT molecular complexity index is 1980. The van der Waals surface area contributed by atoms with Gasteiger partial charge in [0.1, 0.15) is 51.7 Å². The number of carbonyl (C=O) groups is 4. The van der Waals surface area contributed by atoms with Crippen molar-refractivity contribution in [1.29, 1.82) is 0 Å². The van der Waals surface area contributed by atoms with Crippen molar-refractivity contribution in [3.05, 3.63) is 88.9 Å². The second kappa shape index (κ2) is 21.3. The van der Waals surface area contributed by atoms with Gasteiger partial charge in [0, 0.05) is 52.5 Å². The lowest BCUT2D eigenvalue weighted by atomic mass is 10.2.